The fraction of sp³-hybridized carbons (Fsp3) is 0.370. The smallest absolute Gasteiger partial charge is 0.196 e. The summed E-state index contributed by atoms with van der Waals surface area (Å²) in [5.41, 5.74) is 10.2. The molecule has 0 saturated carbocycles. The van der Waals surface area contributed by atoms with E-state index in [1.54, 1.807) is 0 Å². The average molecular weight is 565 g/mol. The second-order valence-corrected chi connectivity index (χ2v) is 15.1. The first-order valence-electron chi connectivity index (χ1n) is 10.4. The molecule has 0 spiro atoms. The predicted octanol–water partition coefficient (Wildman–Crippen LogP) is 7.93. The molecular weight excluding hydrogens is 531 g/mol. The summed E-state index contributed by atoms with van der Waals surface area (Å²) < 4.78 is 0. The van der Waals surface area contributed by atoms with Gasteiger partial charge in [-0.1, -0.05) is 95.9 Å². The number of fused-ring (bicyclic) bond motifs is 3. The van der Waals surface area contributed by atoms with Crippen LogP contribution >= 0.6 is 0 Å². The van der Waals surface area contributed by atoms with Crippen LogP contribution in [0.5, 0.6) is 0 Å². The van der Waals surface area contributed by atoms with Crippen molar-refractivity contribution in [2.45, 2.75) is 66.2 Å². The standard InChI is InChI=1S/C17H19Si.C10H15.Hf/c1-18(2,3)12-14-9-11-17-15-7-5-4-6-13(15)8-10-16(14)17;1-6-7(2)9(4)10(5)8(6)3;/h4-10,14H,12H2,1-3H3;1-5H3;/q2*-1;+4. The molecule has 0 radical (unpaired) electrons. The zero-order valence-corrected chi connectivity index (χ0v) is 23.9. The Kier molecular flexibility index (Phi) is 7.78. The predicted molar refractivity (Wildman–Crippen MR) is 127 cm³/mol. The number of rotatable bonds is 2. The van der Waals surface area contributed by atoms with E-state index >= 15 is 0 Å². The van der Waals surface area contributed by atoms with Gasteiger partial charge in [0, 0.05) is 8.07 Å². The van der Waals surface area contributed by atoms with Crippen LogP contribution in [0.25, 0.3) is 10.8 Å². The first-order valence-corrected chi connectivity index (χ1v) is 14.1. The van der Waals surface area contributed by atoms with Crippen molar-refractivity contribution in [1.82, 2.24) is 0 Å². The van der Waals surface area contributed by atoms with Crippen LogP contribution in [-0.4, -0.2) is 8.07 Å². The summed E-state index contributed by atoms with van der Waals surface area (Å²) in [6.07, 6.45) is 5.80. The quantitative estimate of drug-likeness (QED) is 0.219. The van der Waals surface area contributed by atoms with Gasteiger partial charge in [0.05, 0.1) is 0 Å². The molecule has 0 saturated heterocycles. The largest absolute Gasteiger partial charge is 4.00 e. The van der Waals surface area contributed by atoms with E-state index in [9.17, 15) is 0 Å². The molecule has 1 aliphatic rings. The molecule has 0 aliphatic heterocycles. The zero-order valence-electron chi connectivity index (χ0n) is 19.3. The van der Waals surface area contributed by atoms with E-state index in [0.717, 1.165) is 0 Å². The molecule has 3 aromatic rings. The topological polar surface area (TPSA) is 0 Å². The molecule has 0 nitrogen and oxygen atoms in total. The number of benzene rings is 2. The Balaban J connectivity index is 0.000000234. The molecule has 148 valence electrons. The summed E-state index contributed by atoms with van der Waals surface area (Å²) in [6, 6.07) is 14.5. The molecule has 2 heteroatoms. The van der Waals surface area contributed by atoms with Crippen molar-refractivity contribution >= 4 is 18.8 Å². The molecular formula is C27H34HfSi+2. The van der Waals surface area contributed by atoms with Gasteiger partial charge < -0.3 is 0 Å². The molecule has 0 heterocycles. The van der Waals surface area contributed by atoms with E-state index in [-0.39, 0.29) is 25.8 Å². The molecule has 0 bridgehead atoms. The summed E-state index contributed by atoms with van der Waals surface area (Å²) in [4.78, 5) is 0. The fourth-order valence-electron chi connectivity index (χ4n) is 4.27. The second kappa shape index (κ2) is 9.35. The number of hydrogen-bond acceptors (Lipinski definition) is 0. The molecule has 1 aliphatic carbocycles. The monoisotopic (exact) mass is 566 g/mol. The van der Waals surface area contributed by atoms with Gasteiger partial charge >= 0.3 is 25.8 Å². The van der Waals surface area contributed by atoms with Crippen LogP contribution in [0.3, 0.4) is 0 Å². The minimum atomic E-state index is -1.03. The van der Waals surface area contributed by atoms with Gasteiger partial charge in [-0.15, -0.1) is 29.2 Å². The van der Waals surface area contributed by atoms with Crippen LogP contribution in [0, 0.1) is 40.7 Å². The van der Waals surface area contributed by atoms with Crippen molar-refractivity contribution in [3.63, 3.8) is 0 Å². The normalized spacial score (nSPS) is 15.0. The molecule has 1 atom stereocenters. The van der Waals surface area contributed by atoms with Gasteiger partial charge in [0.15, 0.2) is 0 Å². The minimum Gasteiger partial charge on any atom is -0.196 e. The molecule has 3 aromatic carbocycles. The Morgan fingerprint density at radius 3 is 2.00 bits per heavy atom. The van der Waals surface area contributed by atoms with Gasteiger partial charge in [0.1, 0.15) is 0 Å². The third-order valence-electron chi connectivity index (χ3n) is 6.43. The fourth-order valence-corrected chi connectivity index (χ4v) is 5.92. The summed E-state index contributed by atoms with van der Waals surface area (Å²) in [5.74, 6) is 0.594. The Bertz CT molecular complexity index is 951. The molecule has 0 amide bonds. The van der Waals surface area contributed by atoms with Crippen molar-refractivity contribution in [3.8, 4) is 0 Å². The first-order chi connectivity index (χ1) is 13.1. The minimum absolute atomic E-state index is 0. The zero-order chi connectivity index (χ0) is 20.6. The van der Waals surface area contributed by atoms with Gasteiger partial charge in [0.2, 0.25) is 0 Å². The van der Waals surface area contributed by atoms with Crippen LogP contribution in [0.4, 0.5) is 0 Å². The maximum Gasteiger partial charge on any atom is 4.00 e. The van der Waals surface area contributed by atoms with Gasteiger partial charge in [-0.3, -0.25) is 0 Å². The first kappa shape index (κ1) is 24.1. The van der Waals surface area contributed by atoms with Gasteiger partial charge in [-0.25, -0.2) is 0 Å². The molecule has 1 unspecified atom stereocenters. The molecule has 29 heavy (non-hydrogen) atoms. The van der Waals surface area contributed by atoms with Crippen molar-refractivity contribution in [2.75, 3.05) is 0 Å². The van der Waals surface area contributed by atoms with E-state index in [4.69, 9.17) is 0 Å². The third-order valence-corrected chi connectivity index (χ3v) is 8.10. The van der Waals surface area contributed by atoms with E-state index in [2.05, 4.69) is 103 Å². The van der Waals surface area contributed by atoms with Gasteiger partial charge in [-0.2, -0.15) is 39.5 Å². The van der Waals surface area contributed by atoms with Crippen LogP contribution in [0.1, 0.15) is 44.9 Å². The Hall–Kier alpha value is -1.12. The summed E-state index contributed by atoms with van der Waals surface area (Å²) in [5, 5.41) is 2.68. The van der Waals surface area contributed by atoms with Gasteiger partial charge in [0.25, 0.3) is 0 Å². The van der Waals surface area contributed by atoms with Crippen molar-refractivity contribution < 1.29 is 25.8 Å². The maximum absolute atomic E-state index is 3.51. The van der Waals surface area contributed by atoms with E-state index < -0.39 is 8.07 Å². The summed E-state index contributed by atoms with van der Waals surface area (Å²) in [7, 11) is -1.03. The van der Waals surface area contributed by atoms with Crippen molar-refractivity contribution in [2.24, 2.45) is 0 Å². The number of hydrogen-bond donors (Lipinski definition) is 0. The third kappa shape index (κ3) is 5.14. The SMILES string of the molecule is C[Si](C)(C)CC1C=[C-]c2c1ccc1ccccc21.Cc1c(C)c(C)[c-](C)c1C.[Hf+4]. The number of allylic oxidation sites excluding steroid dienone is 1. The summed E-state index contributed by atoms with van der Waals surface area (Å²) in [6.45, 7) is 18.3. The maximum atomic E-state index is 3.51. The second-order valence-electron chi connectivity index (χ2n) is 9.56. The van der Waals surface area contributed by atoms with Crippen LogP contribution in [0.15, 0.2) is 42.5 Å². The molecule has 0 fully saturated rings. The van der Waals surface area contributed by atoms with E-state index in [1.807, 2.05) is 0 Å². The Labute approximate surface area is 197 Å². The molecule has 0 aromatic heterocycles. The Morgan fingerprint density at radius 2 is 1.48 bits per heavy atom. The van der Waals surface area contributed by atoms with Crippen LogP contribution < -0.4 is 0 Å². The van der Waals surface area contributed by atoms with Crippen molar-refractivity contribution in [3.05, 3.63) is 87.5 Å². The van der Waals surface area contributed by atoms with E-state index in [1.165, 1.54) is 55.8 Å². The van der Waals surface area contributed by atoms with Crippen LogP contribution in [0.2, 0.25) is 25.7 Å². The molecule has 0 N–H and O–H groups in total. The van der Waals surface area contributed by atoms with Crippen molar-refractivity contribution in [1.29, 1.82) is 0 Å². The van der Waals surface area contributed by atoms with Gasteiger partial charge in [-0.05, 0) is 0 Å². The van der Waals surface area contributed by atoms with Crippen LogP contribution in [-0.2, 0) is 25.8 Å². The van der Waals surface area contributed by atoms with E-state index in [0.29, 0.717) is 5.92 Å². The molecule has 4 rings (SSSR count). The Morgan fingerprint density at radius 1 is 0.897 bits per heavy atom. The average Bonchev–Trinajstić information content (AvgIpc) is 3.13. The summed E-state index contributed by atoms with van der Waals surface area (Å²) >= 11 is 0.